The molecule has 0 atom stereocenters. The number of aromatic nitrogens is 1. The maximum Gasteiger partial charge on any atom is 0.405 e. The first-order valence-electron chi connectivity index (χ1n) is 10.4. The van der Waals surface area contributed by atoms with E-state index in [0.717, 1.165) is 50.7 Å². The van der Waals surface area contributed by atoms with E-state index < -0.39 is 28.7 Å². The van der Waals surface area contributed by atoms with Crippen LogP contribution in [0.2, 0.25) is 0 Å². The third kappa shape index (κ3) is 7.14. The summed E-state index contributed by atoms with van der Waals surface area (Å²) in [5.41, 5.74) is 0.607. The summed E-state index contributed by atoms with van der Waals surface area (Å²) in [5.74, 6) is -0.0942. The molecule has 12 heteroatoms. The Labute approximate surface area is 190 Å². The number of piperazine rings is 1. The van der Waals surface area contributed by atoms with Gasteiger partial charge in [-0.3, -0.25) is 4.79 Å². The van der Waals surface area contributed by atoms with E-state index in [1.54, 1.807) is 11.5 Å². The Kier molecular flexibility index (Phi) is 7.92. The first-order chi connectivity index (χ1) is 15.6. The number of alkyl halides is 3. The largest absolute Gasteiger partial charge is 0.405 e. The summed E-state index contributed by atoms with van der Waals surface area (Å²) in [6.45, 7) is 5.43. The molecule has 2 N–H and O–H groups in total. The van der Waals surface area contributed by atoms with E-state index in [4.69, 9.17) is 0 Å². The van der Waals surface area contributed by atoms with Crippen molar-refractivity contribution in [3.63, 3.8) is 0 Å². The van der Waals surface area contributed by atoms with Crippen LogP contribution in [0.4, 0.5) is 19.0 Å². The minimum atomic E-state index is -4.53. The molecule has 0 aliphatic carbocycles. The minimum Gasteiger partial charge on any atom is -0.354 e. The molecule has 0 spiro atoms. The number of nitrogens with one attached hydrogen (secondary N) is 2. The van der Waals surface area contributed by atoms with E-state index in [1.165, 1.54) is 12.1 Å². The van der Waals surface area contributed by atoms with Gasteiger partial charge >= 0.3 is 6.18 Å². The number of nitrogens with zero attached hydrogens (tertiary/aromatic N) is 3. The van der Waals surface area contributed by atoms with Gasteiger partial charge in [-0.2, -0.15) is 13.2 Å². The summed E-state index contributed by atoms with van der Waals surface area (Å²) >= 11 is 0. The second-order valence-corrected chi connectivity index (χ2v) is 9.36. The van der Waals surface area contributed by atoms with E-state index in [9.17, 15) is 26.4 Å². The average molecular weight is 486 g/mol. The third-order valence-electron chi connectivity index (χ3n) is 5.30. The Hall–Kier alpha value is -2.70. The average Bonchev–Trinajstić information content (AvgIpc) is 2.81. The molecule has 3 rings (SSSR count). The number of hydrogen-bond acceptors (Lipinski definition) is 6. The van der Waals surface area contributed by atoms with Crippen molar-refractivity contribution >= 4 is 21.7 Å². The minimum absolute atomic E-state index is 0.0209. The number of pyridine rings is 1. The molecule has 1 aromatic heterocycles. The smallest absolute Gasteiger partial charge is 0.354 e. The topological polar surface area (TPSA) is 94.6 Å². The van der Waals surface area contributed by atoms with Gasteiger partial charge in [-0.05, 0) is 42.4 Å². The number of sulfonamides is 1. The fourth-order valence-electron chi connectivity index (χ4n) is 3.33. The molecule has 1 fully saturated rings. The van der Waals surface area contributed by atoms with Crippen molar-refractivity contribution in [2.75, 3.05) is 44.2 Å². The number of benzene rings is 1. The molecule has 0 radical (unpaired) electrons. The summed E-state index contributed by atoms with van der Waals surface area (Å²) < 4.78 is 64.1. The summed E-state index contributed by atoms with van der Waals surface area (Å²) in [6.07, 6.45) is -2.90. The van der Waals surface area contributed by atoms with Crippen LogP contribution in [0.3, 0.4) is 0 Å². The first kappa shape index (κ1) is 24.9. The molecule has 1 aliphatic rings. The fourth-order valence-corrected chi connectivity index (χ4v) is 4.35. The molecule has 0 saturated carbocycles. The summed E-state index contributed by atoms with van der Waals surface area (Å²) in [5, 5.41) is 1.74. The van der Waals surface area contributed by atoms with Gasteiger partial charge in [-0.25, -0.2) is 18.1 Å². The molecule has 2 aromatic rings. The van der Waals surface area contributed by atoms with Crippen molar-refractivity contribution in [2.24, 2.45) is 0 Å². The highest BCUT2D eigenvalue weighted by Gasteiger charge is 2.28. The van der Waals surface area contributed by atoms with E-state index in [-0.39, 0.29) is 17.0 Å². The number of carbonyl (C=O) groups excluding carboxylic acids is 1. The van der Waals surface area contributed by atoms with Gasteiger partial charge < -0.3 is 15.1 Å². The number of halogens is 3. The highest BCUT2D eigenvalue weighted by atomic mass is 32.2. The second-order valence-electron chi connectivity index (χ2n) is 7.59. The van der Waals surface area contributed by atoms with Gasteiger partial charge in [0.05, 0.1) is 4.90 Å². The summed E-state index contributed by atoms with van der Waals surface area (Å²) in [6, 6.07) is 8.33. The highest BCUT2D eigenvalue weighted by molar-refractivity contribution is 7.89. The van der Waals surface area contributed by atoms with E-state index in [0.29, 0.717) is 5.56 Å². The number of likely N-dealkylation sites (N-methyl/N-ethyl adjacent to an activating group) is 1. The van der Waals surface area contributed by atoms with Crippen molar-refractivity contribution in [2.45, 2.75) is 24.5 Å². The predicted octanol–water partition coefficient (Wildman–Crippen LogP) is 1.99. The van der Waals surface area contributed by atoms with Crippen LogP contribution in [0.5, 0.6) is 0 Å². The molecule has 2 heterocycles. The number of carbonyl (C=O) groups is 1. The summed E-state index contributed by atoms with van der Waals surface area (Å²) in [7, 11) is -3.88. The molecule has 8 nitrogen and oxygen atoms in total. The predicted molar refractivity (Wildman–Crippen MR) is 117 cm³/mol. The highest BCUT2D eigenvalue weighted by Crippen LogP contribution is 2.16. The maximum absolute atomic E-state index is 12.5. The van der Waals surface area contributed by atoms with Crippen LogP contribution in [0.1, 0.15) is 22.8 Å². The van der Waals surface area contributed by atoms with E-state index >= 15 is 0 Å². The SMILES string of the molecule is CCN1CCN(c2ccc(CNS(=O)(=O)c3ccc(C(=O)NCC(F)(F)F)cc3)cn2)CC1. The van der Waals surface area contributed by atoms with Gasteiger partial charge in [0.2, 0.25) is 10.0 Å². The van der Waals surface area contributed by atoms with E-state index in [1.807, 2.05) is 12.1 Å². The van der Waals surface area contributed by atoms with Gasteiger partial charge in [-0.15, -0.1) is 0 Å². The van der Waals surface area contributed by atoms with Crippen LogP contribution in [0, 0.1) is 0 Å². The number of rotatable bonds is 8. The molecular weight excluding hydrogens is 459 g/mol. The van der Waals surface area contributed by atoms with Gasteiger partial charge in [0.25, 0.3) is 5.91 Å². The molecule has 0 unspecified atom stereocenters. The lowest BCUT2D eigenvalue weighted by atomic mass is 10.2. The van der Waals surface area contributed by atoms with Gasteiger partial charge in [0.15, 0.2) is 0 Å². The standard InChI is InChI=1S/C21H26F3N5O3S/c1-2-28-9-11-29(12-10-28)19-8-3-16(13-25-19)14-27-33(31,32)18-6-4-17(5-7-18)20(30)26-15-21(22,23)24/h3-8,13,27H,2,9-12,14-15H2,1H3,(H,26,30). The molecule has 33 heavy (non-hydrogen) atoms. The van der Waals surface area contributed by atoms with Gasteiger partial charge in [0, 0.05) is 44.5 Å². The van der Waals surface area contributed by atoms with E-state index in [2.05, 4.69) is 26.4 Å². The lowest BCUT2D eigenvalue weighted by Gasteiger charge is -2.34. The molecule has 1 amide bonds. The Bertz CT molecular complexity index is 1040. The van der Waals surface area contributed by atoms with Crippen LogP contribution >= 0.6 is 0 Å². The van der Waals surface area contributed by atoms with Crippen LogP contribution in [-0.4, -0.2) is 69.7 Å². The maximum atomic E-state index is 12.5. The van der Waals surface area contributed by atoms with Crippen molar-refractivity contribution in [1.82, 2.24) is 19.9 Å². The van der Waals surface area contributed by atoms with Crippen molar-refractivity contribution in [1.29, 1.82) is 0 Å². The van der Waals surface area contributed by atoms with Crippen LogP contribution < -0.4 is 14.9 Å². The van der Waals surface area contributed by atoms with Crippen molar-refractivity contribution in [3.05, 3.63) is 53.7 Å². The van der Waals surface area contributed by atoms with Crippen LogP contribution in [-0.2, 0) is 16.6 Å². The monoisotopic (exact) mass is 485 g/mol. The second kappa shape index (κ2) is 10.5. The fraction of sp³-hybridized carbons (Fsp3) is 0.429. The normalized spacial score (nSPS) is 15.5. The van der Waals surface area contributed by atoms with Crippen molar-refractivity contribution < 1.29 is 26.4 Å². The molecular formula is C21H26F3N5O3S. The molecule has 180 valence electrons. The number of hydrogen-bond donors (Lipinski definition) is 2. The Balaban J connectivity index is 1.55. The van der Waals surface area contributed by atoms with Crippen molar-refractivity contribution in [3.8, 4) is 0 Å². The van der Waals surface area contributed by atoms with Gasteiger partial charge in [0.1, 0.15) is 12.4 Å². The number of anilines is 1. The molecule has 1 aliphatic heterocycles. The summed E-state index contributed by atoms with van der Waals surface area (Å²) in [4.78, 5) is 20.6. The van der Waals surface area contributed by atoms with Crippen LogP contribution in [0.15, 0.2) is 47.5 Å². The first-order valence-corrected chi connectivity index (χ1v) is 11.9. The Morgan fingerprint density at radius 3 is 2.27 bits per heavy atom. The third-order valence-corrected chi connectivity index (χ3v) is 6.71. The van der Waals surface area contributed by atoms with Gasteiger partial charge in [-0.1, -0.05) is 13.0 Å². The zero-order chi connectivity index (χ0) is 24.1. The lowest BCUT2D eigenvalue weighted by Crippen LogP contribution is -2.46. The Morgan fingerprint density at radius 2 is 1.73 bits per heavy atom. The lowest BCUT2D eigenvalue weighted by molar-refractivity contribution is -0.123. The molecule has 1 saturated heterocycles. The Morgan fingerprint density at radius 1 is 1.06 bits per heavy atom. The molecule has 0 bridgehead atoms. The van der Waals surface area contributed by atoms with Crippen LogP contribution in [0.25, 0.3) is 0 Å². The zero-order valence-corrected chi connectivity index (χ0v) is 18.9. The quantitative estimate of drug-likeness (QED) is 0.594. The zero-order valence-electron chi connectivity index (χ0n) is 18.1. The number of amides is 1. The molecule has 1 aromatic carbocycles.